The number of carbonyl (C=O) groups excluding carboxylic acids is 1. The molecule has 1 heterocycles. The number of rotatable bonds is 6. The zero-order chi connectivity index (χ0) is 15.3. The molecule has 0 aliphatic heterocycles. The Hall–Kier alpha value is -0.900. The van der Waals surface area contributed by atoms with Gasteiger partial charge in [-0.05, 0) is 22.0 Å². The standard InChI is InChI=1S/C10H13BrClN3O4S/c1-15(4-3-9(16)19-2)20(17,18)14-8-5-7(11)6-13-10(8)12/h5-6,14H,3-4H2,1-2H3. The number of hydrogen-bond acceptors (Lipinski definition) is 5. The summed E-state index contributed by atoms with van der Waals surface area (Å²) in [6, 6.07) is 1.49. The number of carbonyl (C=O) groups is 1. The average Bonchev–Trinajstić information content (AvgIpc) is 2.39. The van der Waals surface area contributed by atoms with Crippen LogP contribution >= 0.6 is 27.5 Å². The van der Waals surface area contributed by atoms with Crippen molar-refractivity contribution in [2.75, 3.05) is 25.4 Å². The van der Waals surface area contributed by atoms with Gasteiger partial charge in [0.25, 0.3) is 0 Å². The van der Waals surface area contributed by atoms with Crippen LogP contribution in [0.1, 0.15) is 6.42 Å². The molecule has 0 aliphatic rings. The van der Waals surface area contributed by atoms with Crippen molar-refractivity contribution in [1.29, 1.82) is 0 Å². The van der Waals surface area contributed by atoms with Gasteiger partial charge in [-0.1, -0.05) is 11.6 Å². The van der Waals surface area contributed by atoms with Crippen LogP contribution in [-0.4, -0.2) is 44.4 Å². The van der Waals surface area contributed by atoms with Crippen molar-refractivity contribution in [3.63, 3.8) is 0 Å². The van der Waals surface area contributed by atoms with E-state index in [1.54, 1.807) is 0 Å². The van der Waals surface area contributed by atoms with E-state index in [1.165, 1.54) is 26.4 Å². The molecule has 1 N–H and O–H groups in total. The molecule has 0 amide bonds. The molecule has 20 heavy (non-hydrogen) atoms. The molecular weight excluding hydrogens is 374 g/mol. The number of hydrogen-bond donors (Lipinski definition) is 1. The van der Waals surface area contributed by atoms with Crippen molar-refractivity contribution < 1.29 is 17.9 Å². The van der Waals surface area contributed by atoms with E-state index in [0.717, 1.165) is 4.31 Å². The van der Waals surface area contributed by atoms with Crippen LogP contribution in [0.5, 0.6) is 0 Å². The quantitative estimate of drug-likeness (QED) is 0.593. The van der Waals surface area contributed by atoms with E-state index in [9.17, 15) is 13.2 Å². The van der Waals surface area contributed by atoms with Crippen LogP contribution in [0.25, 0.3) is 0 Å². The smallest absolute Gasteiger partial charge is 0.306 e. The molecule has 7 nitrogen and oxygen atoms in total. The van der Waals surface area contributed by atoms with Crippen LogP contribution in [0, 0.1) is 0 Å². The lowest BCUT2D eigenvalue weighted by atomic mass is 10.4. The van der Waals surface area contributed by atoms with E-state index in [1.807, 2.05) is 0 Å². The monoisotopic (exact) mass is 385 g/mol. The van der Waals surface area contributed by atoms with E-state index in [-0.39, 0.29) is 23.8 Å². The van der Waals surface area contributed by atoms with Crippen molar-refractivity contribution in [3.8, 4) is 0 Å². The highest BCUT2D eigenvalue weighted by Gasteiger charge is 2.20. The summed E-state index contributed by atoms with van der Waals surface area (Å²) >= 11 is 8.97. The lowest BCUT2D eigenvalue weighted by molar-refractivity contribution is -0.140. The number of anilines is 1. The van der Waals surface area contributed by atoms with Crippen molar-refractivity contribution in [1.82, 2.24) is 9.29 Å². The van der Waals surface area contributed by atoms with Crippen LogP contribution in [0.15, 0.2) is 16.7 Å². The third kappa shape index (κ3) is 4.89. The SMILES string of the molecule is COC(=O)CCN(C)S(=O)(=O)Nc1cc(Br)cnc1Cl. The van der Waals surface area contributed by atoms with Crippen LogP contribution in [0.3, 0.4) is 0 Å². The first-order valence-corrected chi connectivity index (χ1v) is 7.99. The van der Waals surface area contributed by atoms with Gasteiger partial charge in [-0.3, -0.25) is 9.52 Å². The molecule has 10 heteroatoms. The number of esters is 1. The minimum atomic E-state index is -3.83. The van der Waals surface area contributed by atoms with Crippen LogP contribution in [0.2, 0.25) is 5.15 Å². The second-order valence-electron chi connectivity index (χ2n) is 3.75. The highest BCUT2D eigenvalue weighted by atomic mass is 79.9. The Labute approximate surface area is 130 Å². The second-order valence-corrected chi connectivity index (χ2v) is 6.80. The molecule has 1 aromatic heterocycles. The van der Waals surface area contributed by atoms with E-state index in [0.29, 0.717) is 4.47 Å². The summed E-state index contributed by atoms with van der Waals surface area (Å²) in [6.07, 6.45) is 1.40. The molecule has 0 unspecified atom stereocenters. The normalized spacial score (nSPS) is 11.4. The summed E-state index contributed by atoms with van der Waals surface area (Å²) in [6.45, 7) is -0.0128. The predicted molar refractivity (Wildman–Crippen MR) is 78.8 cm³/mol. The van der Waals surface area contributed by atoms with Gasteiger partial charge in [0.05, 0.1) is 19.2 Å². The van der Waals surface area contributed by atoms with E-state index >= 15 is 0 Å². The Balaban J connectivity index is 2.78. The van der Waals surface area contributed by atoms with Crippen molar-refractivity contribution in [2.45, 2.75) is 6.42 Å². The number of nitrogens with one attached hydrogen (secondary N) is 1. The fraction of sp³-hybridized carbons (Fsp3) is 0.400. The molecule has 0 radical (unpaired) electrons. The maximum absolute atomic E-state index is 12.0. The minimum Gasteiger partial charge on any atom is -0.469 e. The first kappa shape index (κ1) is 17.2. The number of methoxy groups -OCH3 is 1. The first-order chi connectivity index (χ1) is 9.26. The molecule has 0 saturated carbocycles. The molecule has 0 aromatic carbocycles. The molecule has 0 fully saturated rings. The molecule has 0 bridgehead atoms. The average molecular weight is 387 g/mol. The summed E-state index contributed by atoms with van der Waals surface area (Å²) in [5.41, 5.74) is 0.144. The number of ether oxygens (including phenoxy) is 1. The van der Waals surface area contributed by atoms with Gasteiger partial charge >= 0.3 is 16.2 Å². The predicted octanol–water partition coefficient (Wildman–Crippen LogP) is 1.65. The molecule has 0 aliphatic carbocycles. The first-order valence-electron chi connectivity index (χ1n) is 5.38. The van der Waals surface area contributed by atoms with Gasteiger partial charge in [0.2, 0.25) is 0 Å². The van der Waals surface area contributed by atoms with Gasteiger partial charge in [0.1, 0.15) is 0 Å². The number of nitrogens with zero attached hydrogens (tertiary/aromatic N) is 2. The van der Waals surface area contributed by atoms with Gasteiger partial charge in [-0.2, -0.15) is 12.7 Å². The van der Waals surface area contributed by atoms with E-state index < -0.39 is 16.2 Å². The summed E-state index contributed by atoms with van der Waals surface area (Å²) in [5, 5.41) is 0.0261. The van der Waals surface area contributed by atoms with Gasteiger partial charge in [-0.25, -0.2) is 4.98 Å². The number of aromatic nitrogens is 1. The Morgan fingerprint density at radius 1 is 1.60 bits per heavy atom. The number of pyridine rings is 1. The van der Waals surface area contributed by atoms with Crippen LogP contribution in [-0.2, 0) is 19.7 Å². The fourth-order valence-electron chi connectivity index (χ4n) is 1.18. The van der Waals surface area contributed by atoms with E-state index in [2.05, 4.69) is 30.4 Å². The summed E-state index contributed by atoms with van der Waals surface area (Å²) < 4.78 is 32.4. The molecule has 112 valence electrons. The molecule has 0 saturated heterocycles. The van der Waals surface area contributed by atoms with Crippen molar-refractivity contribution in [2.24, 2.45) is 0 Å². The Kier molecular flexibility index (Phi) is 6.18. The summed E-state index contributed by atoms with van der Waals surface area (Å²) in [7, 11) is -1.25. The van der Waals surface area contributed by atoms with Gasteiger partial charge in [0.15, 0.2) is 5.15 Å². The second kappa shape index (κ2) is 7.21. The maximum Gasteiger partial charge on any atom is 0.306 e. The Morgan fingerprint density at radius 2 is 2.25 bits per heavy atom. The fourth-order valence-corrected chi connectivity index (χ4v) is 2.64. The third-order valence-corrected chi connectivity index (χ3v) is 4.53. The van der Waals surface area contributed by atoms with Gasteiger partial charge < -0.3 is 4.74 Å². The molecule has 1 aromatic rings. The zero-order valence-corrected chi connectivity index (χ0v) is 13.9. The maximum atomic E-state index is 12.0. The summed E-state index contributed by atoms with van der Waals surface area (Å²) in [5.74, 6) is -0.491. The highest BCUT2D eigenvalue weighted by molar-refractivity contribution is 9.10. The highest BCUT2D eigenvalue weighted by Crippen LogP contribution is 2.24. The zero-order valence-electron chi connectivity index (χ0n) is 10.8. The summed E-state index contributed by atoms with van der Waals surface area (Å²) in [4.78, 5) is 14.8. The van der Waals surface area contributed by atoms with Crippen LogP contribution in [0.4, 0.5) is 5.69 Å². The minimum absolute atomic E-state index is 0.0128. The number of halogens is 2. The Morgan fingerprint density at radius 3 is 2.85 bits per heavy atom. The van der Waals surface area contributed by atoms with Crippen molar-refractivity contribution >= 4 is 49.4 Å². The van der Waals surface area contributed by atoms with Crippen LogP contribution < -0.4 is 4.72 Å². The van der Waals surface area contributed by atoms with Gasteiger partial charge in [0, 0.05) is 24.3 Å². The van der Waals surface area contributed by atoms with Gasteiger partial charge in [-0.15, -0.1) is 0 Å². The third-order valence-electron chi connectivity index (χ3n) is 2.31. The van der Waals surface area contributed by atoms with E-state index in [4.69, 9.17) is 11.6 Å². The molecule has 0 atom stereocenters. The Bertz CT molecular complexity index is 596. The largest absolute Gasteiger partial charge is 0.469 e. The molecule has 0 spiro atoms. The topological polar surface area (TPSA) is 88.6 Å². The molecule has 1 rings (SSSR count). The lowest BCUT2D eigenvalue weighted by Gasteiger charge is -2.18. The lowest BCUT2D eigenvalue weighted by Crippen LogP contribution is -2.34. The van der Waals surface area contributed by atoms with Crippen molar-refractivity contribution in [3.05, 3.63) is 21.9 Å². The molecular formula is C10H13BrClN3O4S.